The first-order chi connectivity index (χ1) is 10.4. The van der Waals surface area contributed by atoms with Crippen molar-refractivity contribution in [2.45, 2.75) is 58.1 Å². The number of rotatable bonds is 4. The predicted octanol–water partition coefficient (Wildman–Crippen LogP) is 3.59. The summed E-state index contributed by atoms with van der Waals surface area (Å²) in [6, 6.07) is 9.64. The third-order valence-electron chi connectivity index (χ3n) is 3.76. The Balaban J connectivity index is 1.92. The van der Waals surface area contributed by atoms with Crippen molar-refractivity contribution >= 4 is 11.9 Å². The number of hydrogen-bond donors (Lipinski definition) is 0. The van der Waals surface area contributed by atoms with Crippen molar-refractivity contribution < 1.29 is 14.3 Å². The molecular formula is C18H25NO3. The second-order valence-electron chi connectivity index (χ2n) is 6.78. The van der Waals surface area contributed by atoms with Crippen molar-refractivity contribution in [1.29, 1.82) is 0 Å². The maximum absolute atomic E-state index is 12.4. The molecule has 0 bridgehead atoms. The Morgan fingerprint density at radius 1 is 1.23 bits per heavy atom. The summed E-state index contributed by atoms with van der Waals surface area (Å²) in [5.41, 5.74) is 0.620. The van der Waals surface area contributed by atoms with Crippen molar-refractivity contribution in [1.82, 2.24) is 4.90 Å². The summed E-state index contributed by atoms with van der Waals surface area (Å²) < 4.78 is 5.40. The van der Waals surface area contributed by atoms with Gasteiger partial charge in [-0.25, -0.2) is 4.79 Å². The Hall–Kier alpha value is -1.84. The standard InChI is InChI=1S/C18H25NO3/c1-18(2,3)22-17(21)19-13-7-10-15(19)16(20)12-11-14-8-5-4-6-9-14/h4-6,8-9,15H,7,10-13H2,1-3H3. The van der Waals surface area contributed by atoms with Crippen molar-refractivity contribution in [2.24, 2.45) is 0 Å². The van der Waals surface area contributed by atoms with Gasteiger partial charge in [-0.1, -0.05) is 30.3 Å². The molecule has 120 valence electrons. The lowest BCUT2D eigenvalue weighted by molar-refractivity contribution is -0.123. The van der Waals surface area contributed by atoms with Gasteiger partial charge in [-0.2, -0.15) is 0 Å². The first kappa shape index (κ1) is 16.5. The Morgan fingerprint density at radius 3 is 2.55 bits per heavy atom. The number of aryl methyl sites for hydroxylation is 1. The fraction of sp³-hybridized carbons (Fsp3) is 0.556. The molecule has 0 saturated carbocycles. The molecule has 1 aliphatic rings. The average Bonchev–Trinajstić information content (AvgIpc) is 2.93. The van der Waals surface area contributed by atoms with E-state index in [9.17, 15) is 9.59 Å². The van der Waals surface area contributed by atoms with E-state index in [4.69, 9.17) is 4.74 Å². The highest BCUT2D eigenvalue weighted by molar-refractivity contribution is 5.88. The quantitative estimate of drug-likeness (QED) is 0.854. The first-order valence-electron chi connectivity index (χ1n) is 7.93. The fourth-order valence-corrected chi connectivity index (χ4v) is 2.72. The minimum absolute atomic E-state index is 0.132. The Kier molecular flexibility index (Phi) is 5.22. The fourth-order valence-electron chi connectivity index (χ4n) is 2.72. The molecule has 1 unspecified atom stereocenters. The number of ether oxygens (including phenoxy) is 1. The summed E-state index contributed by atoms with van der Waals surface area (Å²) in [4.78, 5) is 26.2. The lowest BCUT2D eigenvalue weighted by Crippen LogP contribution is -2.43. The smallest absolute Gasteiger partial charge is 0.410 e. The Morgan fingerprint density at radius 2 is 1.91 bits per heavy atom. The molecule has 1 saturated heterocycles. The van der Waals surface area contributed by atoms with Gasteiger partial charge in [0.2, 0.25) is 0 Å². The lowest BCUT2D eigenvalue weighted by Gasteiger charge is -2.28. The monoisotopic (exact) mass is 303 g/mol. The molecule has 1 aromatic carbocycles. The molecule has 0 aromatic heterocycles. The third kappa shape index (κ3) is 4.58. The number of Topliss-reactive ketones (excluding diaryl/α,β-unsaturated/α-hetero) is 1. The van der Waals surface area contributed by atoms with Gasteiger partial charge < -0.3 is 4.74 Å². The number of likely N-dealkylation sites (tertiary alicyclic amines) is 1. The van der Waals surface area contributed by atoms with E-state index in [1.807, 2.05) is 51.1 Å². The maximum Gasteiger partial charge on any atom is 0.410 e. The summed E-state index contributed by atoms with van der Waals surface area (Å²) in [6.07, 6.45) is 2.42. The van der Waals surface area contributed by atoms with Crippen LogP contribution in [0.2, 0.25) is 0 Å². The van der Waals surface area contributed by atoms with Gasteiger partial charge in [0.1, 0.15) is 5.60 Å². The summed E-state index contributed by atoms with van der Waals surface area (Å²) in [5.74, 6) is 0.132. The second kappa shape index (κ2) is 6.95. The van der Waals surface area contributed by atoms with Gasteiger partial charge in [0.25, 0.3) is 0 Å². The van der Waals surface area contributed by atoms with Gasteiger partial charge in [0, 0.05) is 13.0 Å². The van der Waals surface area contributed by atoms with E-state index in [1.54, 1.807) is 4.90 Å². The molecule has 1 atom stereocenters. The molecule has 1 amide bonds. The number of ketones is 1. The molecular weight excluding hydrogens is 278 g/mol. The van der Waals surface area contributed by atoms with Crippen LogP contribution in [0, 0.1) is 0 Å². The summed E-state index contributed by atoms with van der Waals surface area (Å²) in [6.45, 7) is 6.13. The van der Waals surface area contributed by atoms with Crippen LogP contribution in [-0.2, 0) is 16.0 Å². The van der Waals surface area contributed by atoms with E-state index in [1.165, 1.54) is 0 Å². The van der Waals surface area contributed by atoms with Gasteiger partial charge in [0.15, 0.2) is 5.78 Å². The zero-order chi connectivity index (χ0) is 16.2. The van der Waals surface area contributed by atoms with E-state index in [2.05, 4.69) is 0 Å². The van der Waals surface area contributed by atoms with Crippen molar-refractivity contribution in [3.63, 3.8) is 0 Å². The first-order valence-corrected chi connectivity index (χ1v) is 7.93. The van der Waals surface area contributed by atoms with Crippen LogP contribution in [0.5, 0.6) is 0 Å². The normalized spacial score (nSPS) is 18.3. The molecule has 0 N–H and O–H groups in total. The molecule has 4 nitrogen and oxygen atoms in total. The number of amides is 1. The van der Waals surface area contributed by atoms with Crippen molar-refractivity contribution in [3.8, 4) is 0 Å². The minimum atomic E-state index is -0.530. The molecule has 0 spiro atoms. The molecule has 1 aliphatic heterocycles. The van der Waals surface area contributed by atoms with Crippen LogP contribution >= 0.6 is 0 Å². The van der Waals surface area contributed by atoms with Gasteiger partial charge in [-0.3, -0.25) is 9.69 Å². The minimum Gasteiger partial charge on any atom is -0.444 e. The number of carbonyl (C=O) groups excluding carboxylic acids is 2. The van der Waals surface area contributed by atoms with Crippen molar-refractivity contribution in [2.75, 3.05) is 6.54 Å². The van der Waals surface area contributed by atoms with Gasteiger partial charge in [-0.05, 0) is 45.6 Å². The van der Waals surface area contributed by atoms with E-state index >= 15 is 0 Å². The topological polar surface area (TPSA) is 46.6 Å². The summed E-state index contributed by atoms with van der Waals surface area (Å²) in [5, 5.41) is 0. The van der Waals surface area contributed by atoms with Gasteiger partial charge >= 0.3 is 6.09 Å². The van der Waals surface area contributed by atoms with Crippen LogP contribution in [0.15, 0.2) is 30.3 Å². The molecule has 0 aliphatic carbocycles. The van der Waals surface area contributed by atoms with Gasteiger partial charge in [-0.15, -0.1) is 0 Å². The highest BCUT2D eigenvalue weighted by atomic mass is 16.6. The largest absolute Gasteiger partial charge is 0.444 e. The number of carbonyl (C=O) groups is 2. The van der Waals surface area contributed by atoms with Crippen molar-refractivity contribution in [3.05, 3.63) is 35.9 Å². The highest BCUT2D eigenvalue weighted by Gasteiger charge is 2.35. The zero-order valence-corrected chi connectivity index (χ0v) is 13.7. The molecule has 1 fully saturated rings. The highest BCUT2D eigenvalue weighted by Crippen LogP contribution is 2.22. The summed E-state index contributed by atoms with van der Waals surface area (Å²) >= 11 is 0. The number of benzene rings is 1. The zero-order valence-electron chi connectivity index (χ0n) is 13.7. The third-order valence-corrected chi connectivity index (χ3v) is 3.76. The SMILES string of the molecule is CC(C)(C)OC(=O)N1CCCC1C(=O)CCc1ccccc1. The van der Waals surface area contributed by atoms with E-state index < -0.39 is 5.60 Å². The molecule has 1 aromatic rings. The van der Waals surface area contributed by atoms with Gasteiger partial charge in [0.05, 0.1) is 6.04 Å². The van der Waals surface area contributed by atoms with Crippen LogP contribution in [0.25, 0.3) is 0 Å². The summed E-state index contributed by atoms with van der Waals surface area (Å²) in [7, 11) is 0. The van der Waals surface area contributed by atoms with E-state index in [-0.39, 0.29) is 17.9 Å². The molecule has 1 heterocycles. The second-order valence-corrected chi connectivity index (χ2v) is 6.78. The lowest BCUT2D eigenvalue weighted by atomic mass is 10.0. The molecule has 0 radical (unpaired) electrons. The Labute approximate surface area is 132 Å². The average molecular weight is 303 g/mol. The maximum atomic E-state index is 12.4. The van der Waals surface area contributed by atoms with Crippen LogP contribution in [0.3, 0.4) is 0 Å². The Bertz CT molecular complexity index is 519. The predicted molar refractivity (Wildman–Crippen MR) is 85.7 cm³/mol. The van der Waals surface area contributed by atoms with Crippen LogP contribution in [0.1, 0.15) is 45.6 Å². The van der Waals surface area contributed by atoms with E-state index in [0.29, 0.717) is 13.0 Å². The van der Waals surface area contributed by atoms with E-state index in [0.717, 1.165) is 24.8 Å². The number of hydrogen-bond acceptors (Lipinski definition) is 3. The van der Waals surface area contributed by atoms with Crippen LogP contribution < -0.4 is 0 Å². The van der Waals surface area contributed by atoms with Crippen LogP contribution in [-0.4, -0.2) is 35.0 Å². The molecule has 4 heteroatoms. The molecule has 2 rings (SSSR count). The van der Waals surface area contributed by atoms with Crippen LogP contribution in [0.4, 0.5) is 4.79 Å². The number of nitrogens with zero attached hydrogens (tertiary/aromatic N) is 1. The molecule has 22 heavy (non-hydrogen) atoms.